The Kier molecular flexibility index (Phi) is 4.64. The molecular weight excluding hydrogens is 365 g/mol. The molecule has 0 fully saturated rings. The number of amides is 1. The van der Waals surface area contributed by atoms with Gasteiger partial charge in [-0.25, -0.2) is 4.39 Å². The van der Waals surface area contributed by atoms with Crippen molar-refractivity contribution in [2.24, 2.45) is 0 Å². The van der Waals surface area contributed by atoms with E-state index in [4.69, 9.17) is 4.42 Å². The van der Waals surface area contributed by atoms with Crippen LogP contribution in [0.15, 0.2) is 71.3 Å². The van der Waals surface area contributed by atoms with Crippen molar-refractivity contribution in [3.05, 3.63) is 88.9 Å². The minimum absolute atomic E-state index is 0.122. The molecule has 27 heavy (non-hydrogen) atoms. The smallest absolute Gasteiger partial charge is 0.264 e. The average Bonchev–Trinajstić information content (AvgIpc) is 3.32. The molecule has 6 heteroatoms. The van der Waals surface area contributed by atoms with Crippen molar-refractivity contribution in [1.29, 1.82) is 0 Å². The molecule has 0 aliphatic heterocycles. The van der Waals surface area contributed by atoms with E-state index in [-0.39, 0.29) is 30.6 Å². The molecule has 0 saturated carbocycles. The molecule has 2 aromatic carbocycles. The zero-order valence-electron chi connectivity index (χ0n) is 14.3. The number of hydrogen-bond acceptors (Lipinski definition) is 4. The lowest BCUT2D eigenvalue weighted by Gasteiger charge is -2.21. The highest BCUT2D eigenvalue weighted by Gasteiger charge is 2.21. The van der Waals surface area contributed by atoms with Crippen molar-refractivity contribution < 1.29 is 18.7 Å². The lowest BCUT2D eigenvalue weighted by atomic mass is 10.1. The number of phenolic OH excluding ortho intramolecular Hbond substituents is 1. The van der Waals surface area contributed by atoms with E-state index in [2.05, 4.69) is 0 Å². The standard InChI is InChI=1S/C21H16FNO3S/c22-17-7-3-9-19-16(17)11-20(27-19)21(25)23(13-15-6-4-10-26-15)12-14-5-1-2-8-18(14)24/h1-11,24H,12-13H2. The molecular formula is C21H16FNO3S. The molecule has 2 heterocycles. The molecule has 2 aromatic heterocycles. The van der Waals surface area contributed by atoms with E-state index in [1.165, 1.54) is 17.4 Å². The van der Waals surface area contributed by atoms with Gasteiger partial charge in [-0.05, 0) is 36.4 Å². The Bertz CT molecular complexity index is 1090. The Labute approximate surface area is 159 Å². The minimum Gasteiger partial charge on any atom is -0.508 e. The molecule has 0 unspecified atom stereocenters. The van der Waals surface area contributed by atoms with Crippen LogP contribution in [0.4, 0.5) is 4.39 Å². The lowest BCUT2D eigenvalue weighted by Crippen LogP contribution is -2.29. The van der Waals surface area contributed by atoms with Crippen molar-refractivity contribution in [2.75, 3.05) is 0 Å². The molecule has 136 valence electrons. The fourth-order valence-electron chi connectivity index (χ4n) is 2.93. The highest BCUT2D eigenvalue weighted by molar-refractivity contribution is 7.20. The molecule has 4 rings (SSSR count). The molecule has 0 aliphatic carbocycles. The number of thiophene rings is 1. The second-order valence-corrected chi connectivity index (χ2v) is 7.22. The van der Waals surface area contributed by atoms with Crippen molar-refractivity contribution in [1.82, 2.24) is 4.90 Å². The molecule has 4 nitrogen and oxygen atoms in total. The second kappa shape index (κ2) is 7.25. The molecule has 0 saturated heterocycles. The Morgan fingerprint density at radius 3 is 2.67 bits per heavy atom. The Hall–Kier alpha value is -3.12. The first-order valence-corrected chi connectivity index (χ1v) is 9.20. The third-order valence-corrected chi connectivity index (χ3v) is 5.37. The summed E-state index contributed by atoms with van der Waals surface area (Å²) in [5.41, 5.74) is 0.629. The number of halogens is 1. The van der Waals surface area contributed by atoms with Gasteiger partial charge in [0, 0.05) is 15.6 Å². The average molecular weight is 381 g/mol. The fraction of sp³-hybridized carbons (Fsp3) is 0.0952. The van der Waals surface area contributed by atoms with Crippen LogP contribution < -0.4 is 0 Å². The lowest BCUT2D eigenvalue weighted by molar-refractivity contribution is 0.0721. The van der Waals surface area contributed by atoms with Crippen LogP contribution in [0.2, 0.25) is 0 Å². The number of nitrogens with zero attached hydrogens (tertiary/aromatic N) is 1. The molecule has 0 atom stereocenters. The number of carbonyl (C=O) groups excluding carboxylic acids is 1. The molecule has 1 N–H and O–H groups in total. The first-order chi connectivity index (χ1) is 13.1. The zero-order chi connectivity index (χ0) is 18.8. The van der Waals surface area contributed by atoms with Crippen LogP contribution in [0.3, 0.4) is 0 Å². The van der Waals surface area contributed by atoms with E-state index < -0.39 is 0 Å². The van der Waals surface area contributed by atoms with E-state index in [1.807, 2.05) is 0 Å². The van der Waals surface area contributed by atoms with Crippen molar-refractivity contribution in [3.63, 3.8) is 0 Å². The second-order valence-electron chi connectivity index (χ2n) is 6.13. The minimum atomic E-state index is -0.346. The van der Waals surface area contributed by atoms with E-state index in [1.54, 1.807) is 65.8 Å². The molecule has 4 aromatic rings. The highest BCUT2D eigenvalue weighted by Crippen LogP contribution is 2.30. The zero-order valence-corrected chi connectivity index (χ0v) is 15.1. The van der Waals surface area contributed by atoms with Crippen LogP contribution in [0.25, 0.3) is 10.1 Å². The van der Waals surface area contributed by atoms with Gasteiger partial charge in [0.1, 0.15) is 17.3 Å². The van der Waals surface area contributed by atoms with Crippen LogP contribution in [0.1, 0.15) is 21.0 Å². The number of carbonyl (C=O) groups is 1. The van der Waals surface area contributed by atoms with Gasteiger partial charge in [-0.1, -0.05) is 24.3 Å². The predicted octanol–water partition coefficient (Wildman–Crippen LogP) is 5.18. The van der Waals surface area contributed by atoms with Gasteiger partial charge in [0.05, 0.1) is 24.2 Å². The molecule has 0 spiro atoms. The van der Waals surface area contributed by atoms with E-state index in [0.717, 1.165) is 4.70 Å². The third-order valence-electron chi connectivity index (χ3n) is 4.29. The maximum atomic E-state index is 14.0. The first kappa shape index (κ1) is 17.3. The number of benzene rings is 2. The highest BCUT2D eigenvalue weighted by atomic mass is 32.1. The number of aromatic hydroxyl groups is 1. The van der Waals surface area contributed by atoms with Crippen LogP contribution >= 0.6 is 11.3 Å². The van der Waals surface area contributed by atoms with Crippen LogP contribution in [-0.4, -0.2) is 15.9 Å². The van der Waals surface area contributed by atoms with E-state index >= 15 is 0 Å². The summed E-state index contributed by atoms with van der Waals surface area (Å²) in [6.45, 7) is 0.458. The Morgan fingerprint density at radius 2 is 1.93 bits per heavy atom. The summed E-state index contributed by atoms with van der Waals surface area (Å²) in [7, 11) is 0. The quantitative estimate of drug-likeness (QED) is 0.518. The summed E-state index contributed by atoms with van der Waals surface area (Å²) < 4.78 is 20.1. The summed E-state index contributed by atoms with van der Waals surface area (Å²) in [5, 5.41) is 10.5. The SMILES string of the molecule is O=C(c1cc2c(F)cccc2s1)N(Cc1ccco1)Cc1ccccc1O. The van der Waals surface area contributed by atoms with Crippen molar-refractivity contribution >= 4 is 27.3 Å². The Morgan fingerprint density at radius 1 is 1.07 bits per heavy atom. The largest absolute Gasteiger partial charge is 0.508 e. The first-order valence-electron chi connectivity index (χ1n) is 8.38. The van der Waals surface area contributed by atoms with E-state index in [9.17, 15) is 14.3 Å². The van der Waals surface area contributed by atoms with Gasteiger partial charge in [-0.15, -0.1) is 11.3 Å². The Balaban J connectivity index is 1.68. The van der Waals surface area contributed by atoms with Gasteiger partial charge in [0.15, 0.2) is 0 Å². The molecule has 0 radical (unpaired) electrons. The van der Waals surface area contributed by atoms with Gasteiger partial charge < -0.3 is 14.4 Å². The number of phenols is 1. The van der Waals surface area contributed by atoms with Crippen LogP contribution in [0.5, 0.6) is 5.75 Å². The number of furan rings is 1. The summed E-state index contributed by atoms with van der Waals surface area (Å²) in [6.07, 6.45) is 1.55. The maximum absolute atomic E-state index is 14.0. The van der Waals surface area contributed by atoms with Crippen molar-refractivity contribution in [3.8, 4) is 5.75 Å². The monoisotopic (exact) mass is 381 g/mol. The number of fused-ring (bicyclic) bond motifs is 1. The number of rotatable bonds is 5. The maximum Gasteiger partial charge on any atom is 0.264 e. The van der Waals surface area contributed by atoms with Gasteiger partial charge in [-0.3, -0.25) is 4.79 Å². The topological polar surface area (TPSA) is 53.7 Å². The van der Waals surface area contributed by atoms with Crippen LogP contribution in [-0.2, 0) is 13.1 Å². The van der Waals surface area contributed by atoms with Crippen molar-refractivity contribution in [2.45, 2.75) is 13.1 Å². The fourth-order valence-corrected chi connectivity index (χ4v) is 3.97. The normalized spacial score (nSPS) is 11.0. The van der Waals surface area contributed by atoms with Crippen LogP contribution in [0, 0.1) is 5.82 Å². The summed E-state index contributed by atoms with van der Waals surface area (Å²) >= 11 is 1.25. The predicted molar refractivity (Wildman–Crippen MR) is 102 cm³/mol. The van der Waals surface area contributed by atoms with Gasteiger partial charge in [-0.2, -0.15) is 0 Å². The van der Waals surface area contributed by atoms with Gasteiger partial charge in [0.25, 0.3) is 5.91 Å². The molecule has 0 bridgehead atoms. The summed E-state index contributed by atoms with van der Waals surface area (Å²) in [4.78, 5) is 15.2. The van der Waals surface area contributed by atoms with Gasteiger partial charge in [0.2, 0.25) is 0 Å². The van der Waals surface area contributed by atoms with Gasteiger partial charge >= 0.3 is 0 Å². The van der Waals surface area contributed by atoms with E-state index in [0.29, 0.717) is 21.6 Å². The molecule has 1 amide bonds. The number of para-hydroxylation sites is 1. The summed E-state index contributed by atoms with van der Waals surface area (Å²) in [5.74, 6) is 0.166. The number of hydrogen-bond donors (Lipinski definition) is 1. The molecule has 0 aliphatic rings. The third kappa shape index (κ3) is 3.57. The summed E-state index contributed by atoms with van der Waals surface area (Å²) in [6, 6.07) is 16.8.